The van der Waals surface area contributed by atoms with Gasteiger partial charge in [0.25, 0.3) is 0 Å². The normalized spacial score (nSPS) is 15.6. The van der Waals surface area contributed by atoms with Crippen LogP contribution in [0, 0.1) is 0 Å². The molecule has 0 saturated carbocycles. The summed E-state index contributed by atoms with van der Waals surface area (Å²) in [7, 11) is 0. The summed E-state index contributed by atoms with van der Waals surface area (Å²) in [6.07, 6.45) is 0. The van der Waals surface area contributed by atoms with Crippen LogP contribution in [0.3, 0.4) is 0 Å². The molecule has 2 aliphatic heterocycles. The molecule has 96 valence electrons. The molecule has 1 aromatic heterocycles. The lowest BCUT2D eigenvalue weighted by molar-refractivity contribution is 0.174. The first-order valence-corrected chi connectivity index (χ1v) is 7.37. The van der Waals surface area contributed by atoms with E-state index >= 15 is 0 Å². The first kappa shape index (κ1) is 11.4. The molecule has 0 fully saturated rings. The zero-order valence-electron chi connectivity index (χ0n) is 9.85. The van der Waals surface area contributed by atoms with Gasteiger partial charge in [-0.05, 0) is 18.2 Å². The molecule has 4 rings (SSSR count). The maximum atomic E-state index is 6.22. The maximum absolute atomic E-state index is 6.22. The third kappa shape index (κ3) is 1.84. The SMILES string of the molecule is Clc1nc(-c2ccc3c(c2)OCO3)nc2c1CSC2. The molecule has 0 atom stereocenters. The minimum atomic E-state index is 0.265. The van der Waals surface area contributed by atoms with E-state index in [1.165, 1.54) is 0 Å². The molecule has 2 aliphatic rings. The van der Waals surface area contributed by atoms with Crippen molar-refractivity contribution in [2.24, 2.45) is 0 Å². The Morgan fingerprint density at radius 2 is 2.00 bits per heavy atom. The smallest absolute Gasteiger partial charge is 0.231 e. The summed E-state index contributed by atoms with van der Waals surface area (Å²) in [5, 5.41) is 0.558. The van der Waals surface area contributed by atoms with Crippen molar-refractivity contribution in [1.82, 2.24) is 9.97 Å². The van der Waals surface area contributed by atoms with E-state index in [0.717, 1.165) is 39.8 Å². The molecule has 0 amide bonds. The van der Waals surface area contributed by atoms with Crippen LogP contribution >= 0.6 is 23.4 Å². The first-order valence-electron chi connectivity index (χ1n) is 5.84. The highest BCUT2D eigenvalue weighted by Crippen LogP contribution is 2.37. The Kier molecular flexibility index (Phi) is 2.56. The van der Waals surface area contributed by atoms with Gasteiger partial charge in [0.1, 0.15) is 5.15 Å². The average molecular weight is 293 g/mol. The van der Waals surface area contributed by atoms with Gasteiger partial charge in [-0.2, -0.15) is 11.8 Å². The van der Waals surface area contributed by atoms with Crippen molar-refractivity contribution in [1.29, 1.82) is 0 Å². The first-order chi connectivity index (χ1) is 9.31. The number of aromatic nitrogens is 2. The molecule has 1 aromatic carbocycles. The van der Waals surface area contributed by atoms with Crippen LogP contribution in [0.15, 0.2) is 18.2 Å². The van der Waals surface area contributed by atoms with Crippen molar-refractivity contribution in [3.05, 3.63) is 34.6 Å². The van der Waals surface area contributed by atoms with Crippen LogP contribution in [0.25, 0.3) is 11.4 Å². The van der Waals surface area contributed by atoms with Crippen molar-refractivity contribution in [3.8, 4) is 22.9 Å². The molecule has 0 saturated heterocycles. The molecule has 2 aromatic rings. The summed E-state index contributed by atoms with van der Waals surface area (Å²) >= 11 is 8.03. The summed E-state index contributed by atoms with van der Waals surface area (Å²) in [6, 6.07) is 5.69. The van der Waals surface area contributed by atoms with Crippen LogP contribution in [0.5, 0.6) is 11.5 Å². The second-order valence-corrected chi connectivity index (χ2v) is 5.67. The van der Waals surface area contributed by atoms with Gasteiger partial charge in [0, 0.05) is 22.6 Å². The summed E-state index contributed by atoms with van der Waals surface area (Å²) in [5.41, 5.74) is 3.00. The number of fused-ring (bicyclic) bond motifs is 2. The molecule has 0 spiro atoms. The average Bonchev–Trinajstić information content (AvgIpc) is 3.06. The highest BCUT2D eigenvalue weighted by molar-refractivity contribution is 7.98. The van der Waals surface area contributed by atoms with Crippen LogP contribution in [-0.2, 0) is 11.5 Å². The number of halogens is 1. The summed E-state index contributed by atoms with van der Waals surface area (Å²) in [4.78, 5) is 8.98. The van der Waals surface area contributed by atoms with E-state index in [0.29, 0.717) is 11.0 Å². The van der Waals surface area contributed by atoms with Crippen molar-refractivity contribution >= 4 is 23.4 Å². The molecule has 4 nitrogen and oxygen atoms in total. The summed E-state index contributed by atoms with van der Waals surface area (Å²) in [5.74, 6) is 3.92. The van der Waals surface area contributed by atoms with Gasteiger partial charge in [0.15, 0.2) is 17.3 Å². The molecule has 0 radical (unpaired) electrons. The van der Waals surface area contributed by atoms with Gasteiger partial charge in [-0.25, -0.2) is 9.97 Å². The van der Waals surface area contributed by atoms with Gasteiger partial charge in [0.05, 0.1) is 5.69 Å². The minimum Gasteiger partial charge on any atom is -0.454 e. The van der Waals surface area contributed by atoms with Gasteiger partial charge in [-0.15, -0.1) is 0 Å². The lowest BCUT2D eigenvalue weighted by atomic mass is 10.1. The van der Waals surface area contributed by atoms with Crippen LogP contribution in [-0.4, -0.2) is 16.8 Å². The monoisotopic (exact) mass is 292 g/mol. The number of hydrogen-bond donors (Lipinski definition) is 0. The zero-order chi connectivity index (χ0) is 12.8. The Hall–Kier alpha value is -1.46. The zero-order valence-corrected chi connectivity index (χ0v) is 11.4. The molecule has 3 heterocycles. The molecule has 0 N–H and O–H groups in total. The lowest BCUT2D eigenvalue weighted by Gasteiger charge is -2.06. The van der Waals surface area contributed by atoms with Crippen molar-refractivity contribution in [2.45, 2.75) is 11.5 Å². The molecular weight excluding hydrogens is 284 g/mol. The van der Waals surface area contributed by atoms with Crippen LogP contribution in [0.4, 0.5) is 0 Å². The highest BCUT2D eigenvalue weighted by Gasteiger charge is 2.20. The third-order valence-corrected chi connectivity index (χ3v) is 4.44. The van der Waals surface area contributed by atoms with Gasteiger partial charge in [0.2, 0.25) is 6.79 Å². The fraction of sp³-hybridized carbons (Fsp3) is 0.231. The Morgan fingerprint density at radius 1 is 1.11 bits per heavy atom. The standard InChI is InChI=1S/C13H9ClN2O2S/c14-12-8-4-19-5-9(8)15-13(16-12)7-1-2-10-11(3-7)18-6-17-10/h1-3H,4-6H2. The van der Waals surface area contributed by atoms with E-state index in [9.17, 15) is 0 Å². The van der Waals surface area contributed by atoms with Gasteiger partial charge in [-0.1, -0.05) is 11.6 Å². The van der Waals surface area contributed by atoms with E-state index in [1.54, 1.807) is 0 Å². The van der Waals surface area contributed by atoms with Crippen molar-refractivity contribution in [3.63, 3.8) is 0 Å². The fourth-order valence-corrected chi connectivity index (χ4v) is 3.55. The topological polar surface area (TPSA) is 44.2 Å². The molecule has 0 aliphatic carbocycles. The fourth-order valence-electron chi connectivity index (χ4n) is 2.18. The number of thioether (sulfide) groups is 1. The Morgan fingerprint density at radius 3 is 2.95 bits per heavy atom. The molecule has 19 heavy (non-hydrogen) atoms. The van der Waals surface area contributed by atoms with E-state index in [1.807, 2.05) is 30.0 Å². The lowest BCUT2D eigenvalue weighted by Crippen LogP contribution is -1.97. The highest BCUT2D eigenvalue weighted by atomic mass is 35.5. The van der Waals surface area contributed by atoms with Crippen LogP contribution in [0.1, 0.15) is 11.3 Å². The van der Waals surface area contributed by atoms with Crippen molar-refractivity contribution < 1.29 is 9.47 Å². The molecule has 0 bridgehead atoms. The molecular formula is C13H9ClN2O2S. The third-order valence-electron chi connectivity index (χ3n) is 3.16. The number of nitrogens with zero attached hydrogens (tertiary/aromatic N) is 2. The Balaban J connectivity index is 1.82. The second-order valence-electron chi connectivity index (χ2n) is 4.32. The van der Waals surface area contributed by atoms with E-state index < -0.39 is 0 Å². The molecule has 6 heteroatoms. The van der Waals surface area contributed by atoms with Crippen LogP contribution < -0.4 is 9.47 Å². The number of hydrogen-bond acceptors (Lipinski definition) is 5. The second kappa shape index (κ2) is 4.28. The Labute approximate surface area is 119 Å². The number of benzene rings is 1. The maximum Gasteiger partial charge on any atom is 0.231 e. The van der Waals surface area contributed by atoms with Crippen LogP contribution in [0.2, 0.25) is 5.15 Å². The largest absolute Gasteiger partial charge is 0.454 e. The summed E-state index contributed by atoms with van der Waals surface area (Å²) < 4.78 is 10.7. The van der Waals surface area contributed by atoms with Gasteiger partial charge < -0.3 is 9.47 Å². The Bertz CT molecular complexity index is 678. The molecule has 0 unspecified atom stereocenters. The van der Waals surface area contributed by atoms with Crippen molar-refractivity contribution in [2.75, 3.05) is 6.79 Å². The number of rotatable bonds is 1. The predicted octanol–water partition coefficient (Wildman–Crippen LogP) is 3.27. The number of ether oxygens (including phenoxy) is 2. The quantitative estimate of drug-likeness (QED) is 0.755. The van der Waals surface area contributed by atoms with Gasteiger partial charge >= 0.3 is 0 Å². The minimum absolute atomic E-state index is 0.265. The summed E-state index contributed by atoms with van der Waals surface area (Å²) in [6.45, 7) is 0.265. The van der Waals surface area contributed by atoms with E-state index in [-0.39, 0.29) is 6.79 Å². The predicted molar refractivity (Wildman–Crippen MR) is 73.6 cm³/mol. The van der Waals surface area contributed by atoms with E-state index in [4.69, 9.17) is 21.1 Å². The van der Waals surface area contributed by atoms with Gasteiger partial charge in [-0.3, -0.25) is 0 Å². The van der Waals surface area contributed by atoms with E-state index in [2.05, 4.69) is 9.97 Å².